The second-order valence-electron chi connectivity index (χ2n) is 7.73. The molecule has 32 heavy (non-hydrogen) atoms. The summed E-state index contributed by atoms with van der Waals surface area (Å²) < 4.78 is 3.83. The molecule has 0 atom stereocenters. The van der Waals surface area contributed by atoms with E-state index in [-0.39, 0.29) is 0 Å². The second kappa shape index (κ2) is 9.54. The topological polar surface area (TPSA) is 59.7 Å². The van der Waals surface area contributed by atoms with Gasteiger partial charge < -0.3 is 10.6 Å². The number of hydrogen-bond donors (Lipinski definition) is 2. The molecule has 0 spiro atoms. The molecule has 2 aromatic heterocycles. The fourth-order valence-electron chi connectivity index (χ4n) is 3.57. The van der Waals surface area contributed by atoms with Gasteiger partial charge >= 0.3 is 0 Å². The Morgan fingerprint density at radius 1 is 0.969 bits per heavy atom. The zero-order valence-corrected chi connectivity index (χ0v) is 19.8. The van der Waals surface area contributed by atoms with Gasteiger partial charge in [-0.05, 0) is 55.7 Å². The van der Waals surface area contributed by atoms with Crippen molar-refractivity contribution in [2.45, 2.75) is 33.9 Å². The Morgan fingerprint density at radius 2 is 1.69 bits per heavy atom. The third-order valence-electron chi connectivity index (χ3n) is 5.38. The van der Waals surface area contributed by atoms with E-state index >= 15 is 0 Å². The van der Waals surface area contributed by atoms with Crippen molar-refractivity contribution in [3.05, 3.63) is 94.0 Å². The molecular weight excluding hydrogens is 440 g/mol. The summed E-state index contributed by atoms with van der Waals surface area (Å²) in [7, 11) is 0. The van der Waals surface area contributed by atoms with E-state index < -0.39 is 0 Å². The normalized spacial score (nSPS) is 10.9. The summed E-state index contributed by atoms with van der Waals surface area (Å²) in [5, 5.41) is 16.8. The molecule has 8 heteroatoms. The minimum atomic E-state index is 0.490. The molecule has 0 aliphatic heterocycles. The molecule has 0 saturated carbocycles. The maximum absolute atomic E-state index is 6.25. The van der Waals surface area contributed by atoms with Crippen molar-refractivity contribution < 1.29 is 0 Å². The molecule has 2 aromatic carbocycles. The second-order valence-corrected chi connectivity index (χ2v) is 8.54. The number of thiocarbonyl (C=S) groups is 1. The molecule has 6 nitrogen and oxygen atoms in total. The Kier molecular flexibility index (Phi) is 6.58. The van der Waals surface area contributed by atoms with E-state index in [9.17, 15) is 0 Å². The summed E-state index contributed by atoms with van der Waals surface area (Å²) in [4.78, 5) is 0. The third-order valence-corrected chi connectivity index (χ3v) is 5.96. The highest BCUT2D eigenvalue weighted by Gasteiger charge is 2.14. The highest BCUT2D eigenvalue weighted by atomic mass is 35.5. The lowest BCUT2D eigenvalue weighted by Gasteiger charge is -2.11. The monoisotopic (exact) mass is 464 g/mol. The van der Waals surface area contributed by atoms with E-state index in [2.05, 4.69) is 40.9 Å². The van der Waals surface area contributed by atoms with Crippen LogP contribution in [0.15, 0.2) is 60.9 Å². The average Bonchev–Trinajstić information content (AvgIpc) is 3.30. The minimum Gasteiger partial charge on any atom is -0.330 e. The van der Waals surface area contributed by atoms with Crippen LogP contribution in [0.2, 0.25) is 5.02 Å². The van der Waals surface area contributed by atoms with Crippen LogP contribution in [0.3, 0.4) is 0 Å². The number of rotatable bonds is 6. The van der Waals surface area contributed by atoms with Crippen molar-refractivity contribution in [2.24, 2.45) is 0 Å². The first-order valence-electron chi connectivity index (χ1n) is 10.3. The Labute approximate surface area is 198 Å². The molecule has 0 aliphatic rings. The van der Waals surface area contributed by atoms with Gasteiger partial charge in [-0.25, -0.2) is 0 Å². The summed E-state index contributed by atoms with van der Waals surface area (Å²) in [5.41, 5.74) is 7.16. The molecule has 2 heterocycles. The number of halogens is 1. The van der Waals surface area contributed by atoms with Crippen LogP contribution in [0.1, 0.15) is 28.1 Å². The molecule has 0 radical (unpaired) electrons. The lowest BCUT2D eigenvalue weighted by molar-refractivity contribution is 0.657. The summed E-state index contributed by atoms with van der Waals surface area (Å²) in [6.07, 6.45) is 3.64. The van der Waals surface area contributed by atoms with Gasteiger partial charge in [-0.3, -0.25) is 9.36 Å². The largest absolute Gasteiger partial charge is 0.330 e. The minimum absolute atomic E-state index is 0.490. The number of nitrogens with one attached hydrogen (secondary N) is 2. The van der Waals surface area contributed by atoms with Crippen molar-refractivity contribution in [1.29, 1.82) is 0 Å². The van der Waals surface area contributed by atoms with Crippen LogP contribution in [-0.4, -0.2) is 24.7 Å². The molecule has 0 aliphatic carbocycles. The first-order chi connectivity index (χ1) is 15.4. The van der Waals surface area contributed by atoms with E-state index in [1.54, 1.807) is 6.20 Å². The van der Waals surface area contributed by atoms with Gasteiger partial charge in [0.2, 0.25) is 0 Å². The molecule has 0 fully saturated rings. The smallest absolute Gasteiger partial charge is 0.175 e. The van der Waals surface area contributed by atoms with Gasteiger partial charge in [0.25, 0.3) is 0 Å². The number of anilines is 2. The van der Waals surface area contributed by atoms with Gasteiger partial charge in [0.1, 0.15) is 0 Å². The van der Waals surface area contributed by atoms with Gasteiger partial charge in [0, 0.05) is 11.2 Å². The van der Waals surface area contributed by atoms with Crippen molar-refractivity contribution in [2.75, 3.05) is 10.6 Å². The molecule has 0 unspecified atom stereocenters. The Morgan fingerprint density at radius 3 is 2.44 bits per heavy atom. The lowest BCUT2D eigenvalue weighted by Crippen LogP contribution is -2.19. The quantitative estimate of drug-likeness (QED) is 0.365. The zero-order valence-electron chi connectivity index (χ0n) is 18.3. The van der Waals surface area contributed by atoms with E-state index in [0.29, 0.717) is 11.7 Å². The van der Waals surface area contributed by atoms with E-state index in [1.807, 2.05) is 59.7 Å². The van der Waals surface area contributed by atoms with Crippen LogP contribution in [-0.2, 0) is 13.1 Å². The van der Waals surface area contributed by atoms with Crippen molar-refractivity contribution in [3.8, 4) is 0 Å². The first-order valence-corrected chi connectivity index (χ1v) is 11.1. The molecular formula is C24H25ClN6S. The molecule has 2 N–H and O–H groups in total. The Hall–Kier alpha value is -3.16. The van der Waals surface area contributed by atoms with Crippen LogP contribution in [0.25, 0.3) is 0 Å². The highest BCUT2D eigenvalue weighted by molar-refractivity contribution is 7.80. The van der Waals surface area contributed by atoms with E-state index in [1.165, 1.54) is 11.1 Å². The maximum Gasteiger partial charge on any atom is 0.175 e. The van der Waals surface area contributed by atoms with Gasteiger partial charge in [-0.15, -0.1) is 0 Å². The zero-order chi connectivity index (χ0) is 22.7. The molecule has 164 valence electrons. The number of hydrogen-bond acceptors (Lipinski definition) is 3. The molecule has 0 saturated heterocycles. The van der Waals surface area contributed by atoms with Crippen molar-refractivity contribution in [3.63, 3.8) is 0 Å². The highest BCUT2D eigenvalue weighted by Crippen LogP contribution is 2.22. The summed E-state index contributed by atoms with van der Waals surface area (Å²) in [5.74, 6) is 0. The summed E-state index contributed by atoms with van der Waals surface area (Å²) in [6, 6.07) is 16.1. The standard InChI is InChI=1S/C24H25ClN6S/c1-16-8-4-5-9-19(16)14-31-18(3)23(17(2)29-31)28-24(32)27-21-12-26-30(15-21)13-20-10-6-7-11-22(20)25/h4-12,15H,13-14H2,1-3H3,(H2,27,28,32). The third kappa shape index (κ3) is 5.00. The van der Waals surface area contributed by atoms with Crippen LogP contribution in [0.5, 0.6) is 0 Å². The van der Waals surface area contributed by atoms with Crippen LogP contribution in [0.4, 0.5) is 11.4 Å². The van der Waals surface area contributed by atoms with Crippen molar-refractivity contribution >= 4 is 40.3 Å². The van der Waals surface area contributed by atoms with Gasteiger partial charge in [0.05, 0.1) is 42.0 Å². The van der Waals surface area contributed by atoms with Gasteiger partial charge in [0.15, 0.2) is 5.11 Å². The Balaban J connectivity index is 1.41. The Bertz CT molecular complexity index is 1260. The van der Waals surface area contributed by atoms with Crippen LogP contribution in [0, 0.1) is 20.8 Å². The van der Waals surface area contributed by atoms with Crippen LogP contribution < -0.4 is 10.6 Å². The number of benzene rings is 2. The molecule has 4 rings (SSSR count). The lowest BCUT2D eigenvalue weighted by atomic mass is 10.1. The van der Waals surface area contributed by atoms with E-state index in [0.717, 1.165) is 39.9 Å². The summed E-state index contributed by atoms with van der Waals surface area (Å²) >= 11 is 11.8. The molecule has 0 bridgehead atoms. The average molecular weight is 465 g/mol. The fraction of sp³-hybridized carbons (Fsp3) is 0.208. The van der Waals surface area contributed by atoms with Crippen molar-refractivity contribution in [1.82, 2.24) is 19.6 Å². The maximum atomic E-state index is 6.25. The van der Waals surface area contributed by atoms with E-state index in [4.69, 9.17) is 28.9 Å². The first kappa shape index (κ1) is 22.0. The summed E-state index contributed by atoms with van der Waals surface area (Å²) in [6.45, 7) is 7.45. The van der Waals surface area contributed by atoms with Crippen LogP contribution >= 0.6 is 23.8 Å². The van der Waals surface area contributed by atoms with Gasteiger partial charge in [-0.2, -0.15) is 10.2 Å². The predicted molar refractivity (Wildman–Crippen MR) is 135 cm³/mol. The predicted octanol–water partition coefficient (Wildman–Crippen LogP) is 5.56. The number of aromatic nitrogens is 4. The number of nitrogens with zero attached hydrogens (tertiary/aromatic N) is 4. The molecule has 4 aromatic rings. The fourth-order valence-corrected chi connectivity index (χ4v) is 3.99. The molecule has 0 amide bonds. The SMILES string of the molecule is Cc1ccccc1Cn1nc(C)c(NC(=S)Nc2cnn(Cc3ccccc3Cl)c2)c1C. The van der Waals surface area contributed by atoms with Gasteiger partial charge in [-0.1, -0.05) is 54.1 Å². The number of aryl methyl sites for hydroxylation is 2.